The second-order valence-corrected chi connectivity index (χ2v) is 5.21. The third-order valence-corrected chi connectivity index (χ3v) is 3.93. The third-order valence-electron chi connectivity index (χ3n) is 3.12. The molecule has 0 spiro atoms. The quantitative estimate of drug-likeness (QED) is 0.814. The summed E-state index contributed by atoms with van der Waals surface area (Å²) in [5.74, 6) is -0.891. The maximum atomic E-state index is 12.4. The van der Waals surface area contributed by atoms with E-state index in [2.05, 4.69) is 0 Å². The Balaban J connectivity index is 2.37. The number of nitrogens with zero attached hydrogens (tertiary/aromatic N) is 1. The lowest BCUT2D eigenvalue weighted by Crippen LogP contribution is -2.43. The Hall–Kier alpha value is -1.46. The van der Waals surface area contributed by atoms with Crippen LogP contribution in [0.15, 0.2) is 12.1 Å². The lowest BCUT2D eigenvalue weighted by molar-refractivity contribution is -0.121. The van der Waals surface area contributed by atoms with Crippen molar-refractivity contribution in [3.05, 3.63) is 27.7 Å². The number of amides is 2. The molecule has 7 heteroatoms. The zero-order valence-corrected chi connectivity index (χ0v) is 11.5. The van der Waals surface area contributed by atoms with E-state index in [0.29, 0.717) is 18.7 Å². The minimum absolute atomic E-state index is 0.135. The summed E-state index contributed by atoms with van der Waals surface area (Å²) in [6, 6.07) is 2.33. The lowest BCUT2D eigenvalue weighted by atomic mass is 10.1. The van der Waals surface area contributed by atoms with E-state index in [9.17, 15) is 9.59 Å². The smallest absolute Gasteiger partial charge is 0.256 e. The van der Waals surface area contributed by atoms with Crippen molar-refractivity contribution in [2.24, 2.45) is 5.73 Å². The van der Waals surface area contributed by atoms with Gasteiger partial charge in [-0.2, -0.15) is 0 Å². The van der Waals surface area contributed by atoms with Crippen LogP contribution in [0.3, 0.4) is 0 Å². The molecular formula is C12H13Cl2N3O2. The van der Waals surface area contributed by atoms with Crippen molar-refractivity contribution in [3.63, 3.8) is 0 Å². The molecule has 0 radical (unpaired) electrons. The number of nitrogen functional groups attached to an aromatic ring is 1. The molecule has 102 valence electrons. The van der Waals surface area contributed by atoms with Crippen molar-refractivity contribution in [2.75, 3.05) is 12.3 Å². The van der Waals surface area contributed by atoms with Crippen molar-refractivity contribution in [3.8, 4) is 0 Å². The van der Waals surface area contributed by atoms with Gasteiger partial charge in [-0.05, 0) is 25.0 Å². The average molecular weight is 302 g/mol. The summed E-state index contributed by atoms with van der Waals surface area (Å²) in [5.41, 5.74) is 11.5. The number of hydrogen-bond donors (Lipinski definition) is 2. The van der Waals surface area contributed by atoms with Gasteiger partial charge in [0.15, 0.2) is 0 Å². The van der Waals surface area contributed by atoms with Crippen LogP contribution >= 0.6 is 23.2 Å². The van der Waals surface area contributed by atoms with Gasteiger partial charge >= 0.3 is 0 Å². The summed E-state index contributed by atoms with van der Waals surface area (Å²) in [4.78, 5) is 25.1. The van der Waals surface area contributed by atoms with E-state index < -0.39 is 11.9 Å². The zero-order chi connectivity index (χ0) is 14.2. The standard InChI is InChI=1S/C12H13Cl2N3O2/c13-8-5-6(15)4-7(10(8)14)12(19)17-3-1-2-9(17)11(16)18/h4-5,9H,1-3,15H2,(H2,16,18). The molecule has 1 aliphatic heterocycles. The van der Waals surface area contributed by atoms with Crippen LogP contribution in [-0.2, 0) is 4.79 Å². The topological polar surface area (TPSA) is 89.4 Å². The highest BCUT2D eigenvalue weighted by molar-refractivity contribution is 6.44. The van der Waals surface area contributed by atoms with E-state index in [1.54, 1.807) is 0 Å². The summed E-state index contributed by atoms with van der Waals surface area (Å²) < 4.78 is 0. The highest BCUT2D eigenvalue weighted by atomic mass is 35.5. The van der Waals surface area contributed by atoms with Gasteiger partial charge in [-0.3, -0.25) is 9.59 Å². The number of carbonyl (C=O) groups is 2. The van der Waals surface area contributed by atoms with Gasteiger partial charge in [0.1, 0.15) is 6.04 Å². The second-order valence-electron chi connectivity index (χ2n) is 4.42. The first-order valence-electron chi connectivity index (χ1n) is 5.76. The monoisotopic (exact) mass is 301 g/mol. The molecule has 1 fully saturated rings. The fraction of sp³-hybridized carbons (Fsp3) is 0.333. The first kappa shape index (κ1) is 14.0. The van der Waals surface area contributed by atoms with E-state index >= 15 is 0 Å². The molecule has 0 aromatic heterocycles. The predicted octanol–water partition coefficient (Wildman–Crippen LogP) is 1.67. The molecule has 0 aliphatic carbocycles. The van der Waals surface area contributed by atoms with Crippen LogP contribution < -0.4 is 11.5 Å². The van der Waals surface area contributed by atoms with Crippen LogP contribution in [0.5, 0.6) is 0 Å². The number of rotatable bonds is 2. The van der Waals surface area contributed by atoms with Crippen LogP contribution in [0.2, 0.25) is 10.0 Å². The van der Waals surface area contributed by atoms with Gasteiger partial charge in [-0.15, -0.1) is 0 Å². The van der Waals surface area contributed by atoms with E-state index in [1.807, 2.05) is 0 Å². The molecule has 2 amide bonds. The summed E-state index contributed by atoms with van der Waals surface area (Å²) in [6.45, 7) is 0.467. The predicted molar refractivity (Wildman–Crippen MR) is 74.1 cm³/mol. The highest BCUT2D eigenvalue weighted by Gasteiger charge is 2.34. The summed E-state index contributed by atoms with van der Waals surface area (Å²) in [7, 11) is 0. The number of benzene rings is 1. The fourth-order valence-electron chi connectivity index (χ4n) is 2.23. The molecular weight excluding hydrogens is 289 g/mol. The van der Waals surface area contributed by atoms with Gasteiger partial charge in [0.25, 0.3) is 5.91 Å². The second kappa shape index (κ2) is 5.27. The Morgan fingerprint density at radius 3 is 2.63 bits per heavy atom. The van der Waals surface area contributed by atoms with Gasteiger partial charge < -0.3 is 16.4 Å². The molecule has 1 aromatic carbocycles. The summed E-state index contributed by atoms with van der Waals surface area (Å²) in [5, 5.41) is 0.343. The first-order valence-corrected chi connectivity index (χ1v) is 6.52. The van der Waals surface area contributed by atoms with Crippen molar-refractivity contribution < 1.29 is 9.59 Å². The Labute approximate surface area is 120 Å². The molecule has 5 nitrogen and oxygen atoms in total. The number of nitrogens with two attached hydrogens (primary N) is 2. The minimum Gasteiger partial charge on any atom is -0.399 e. The molecule has 0 saturated carbocycles. The van der Waals surface area contributed by atoms with Crippen LogP contribution in [0.1, 0.15) is 23.2 Å². The van der Waals surface area contributed by atoms with Crippen LogP contribution in [0.25, 0.3) is 0 Å². The highest BCUT2D eigenvalue weighted by Crippen LogP contribution is 2.31. The van der Waals surface area contributed by atoms with Crippen molar-refractivity contribution in [1.82, 2.24) is 4.90 Å². The molecule has 2 rings (SSSR count). The first-order chi connectivity index (χ1) is 8.91. The van der Waals surface area contributed by atoms with Crippen molar-refractivity contribution in [1.29, 1.82) is 0 Å². The van der Waals surface area contributed by atoms with Gasteiger partial charge in [0, 0.05) is 12.2 Å². The lowest BCUT2D eigenvalue weighted by Gasteiger charge is -2.23. The average Bonchev–Trinajstić information content (AvgIpc) is 2.82. The van der Waals surface area contributed by atoms with Gasteiger partial charge in [-0.25, -0.2) is 0 Å². The number of carbonyl (C=O) groups excluding carboxylic acids is 2. The van der Waals surface area contributed by atoms with E-state index in [-0.39, 0.29) is 21.5 Å². The number of anilines is 1. The minimum atomic E-state index is -0.594. The summed E-state index contributed by atoms with van der Waals surface area (Å²) in [6.07, 6.45) is 1.29. The fourth-order valence-corrected chi connectivity index (χ4v) is 2.64. The van der Waals surface area contributed by atoms with Gasteiger partial charge in [0.05, 0.1) is 15.6 Å². The normalized spacial score (nSPS) is 18.6. The van der Waals surface area contributed by atoms with Crippen LogP contribution in [0, 0.1) is 0 Å². The molecule has 4 N–H and O–H groups in total. The van der Waals surface area contributed by atoms with Crippen LogP contribution in [-0.4, -0.2) is 29.3 Å². The SMILES string of the molecule is NC(=O)C1CCCN1C(=O)c1cc(N)cc(Cl)c1Cl. The Morgan fingerprint density at radius 2 is 2.00 bits per heavy atom. The Bertz CT molecular complexity index is 548. The Kier molecular flexibility index (Phi) is 3.87. The molecule has 0 bridgehead atoms. The molecule has 1 atom stereocenters. The molecule has 1 unspecified atom stereocenters. The number of hydrogen-bond acceptors (Lipinski definition) is 3. The molecule has 1 saturated heterocycles. The maximum absolute atomic E-state index is 12.4. The Morgan fingerprint density at radius 1 is 1.32 bits per heavy atom. The molecule has 1 aromatic rings. The number of likely N-dealkylation sites (tertiary alicyclic amines) is 1. The maximum Gasteiger partial charge on any atom is 0.256 e. The molecule has 1 aliphatic rings. The molecule has 1 heterocycles. The van der Waals surface area contributed by atoms with Crippen molar-refractivity contribution >= 4 is 40.7 Å². The van der Waals surface area contributed by atoms with E-state index in [0.717, 1.165) is 6.42 Å². The number of primary amides is 1. The summed E-state index contributed by atoms with van der Waals surface area (Å²) >= 11 is 11.9. The van der Waals surface area contributed by atoms with E-state index in [4.69, 9.17) is 34.7 Å². The van der Waals surface area contributed by atoms with E-state index in [1.165, 1.54) is 17.0 Å². The van der Waals surface area contributed by atoms with Crippen LogP contribution in [0.4, 0.5) is 5.69 Å². The zero-order valence-electron chi connectivity index (χ0n) is 10.0. The molecule has 19 heavy (non-hydrogen) atoms. The van der Waals surface area contributed by atoms with Gasteiger partial charge in [0.2, 0.25) is 5.91 Å². The van der Waals surface area contributed by atoms with Crippen molar-refractivity contribution in [2.45, 2.75) is 18.9 Å². The van der Waals surface area contributed by atoms with Gasteiger partial charge in [-0.1, -0.05) is 23.2 Å². The number of halogens is 2. The largest absolute Gasteiger partial charge is 0.399 e. The third kappa shape index (κ3) is 2.62.